The highest BCUT2D eigenvalue weighted by molar-refractivity contribution is 9.11. The first kappa shape index (κ1) is 23.1. The highest BCUT2D eigenvalue weighted by Gasteiger charge is 2.12. The molecule has 1 amide bonds. The molecule has 0 saturated carbocycles. The Bertz CT molecular complexity index is 1270. The molecule has 0 heterocycles. The number of nitrogens with zero attached hydrogens (tertiary/aromatic N) is 3. The fourth-order valence-electron chi connectivity index (χ4n) is 2.69. The summed E-state index contributed by atoms with van der Waals surface area (Å²) in [5.74, 6) is -1.00. The smallest absolute Gasteiger partial charge is 0.274 e. The molecule has 1 N–H and O–H groups in total. The van der Waals surface area contributed by atoms with Gasteiger partial charge in [0.25, 0.3) is 5.91 Å². The average Bonchev–Trinajstić information content (AvgIpc) is 2.78. The summed E-state index contributed by atoms with van der Waals surface area (Å²) >= 11 is 6.89. The molecule has 0 radical (unpaired) electrons. The van der Waals surface area contributed by atoms with Crippen molar-refractivity contribution in [2.75, 3.05) is 0 Å². The molecule has 0 atom stereocenters. The highest BCUT2D eigenvalue weighted by Crippen LogP contribution is 2.35. The van der Waals surface area contributed by atoms with Gasteiger partial charge < -0.3 is 4.74 Å². The second-order valence-corrected chi connectivity index (χ2v) is 8.09. The summed E-state index contributed by atoms with van der Waals surface area (Å²) in [5.41, 5.74) is 4.09. The Labute approximate surface area is 200 Å². The van der Waals surface area contributed by atoms with Crippen LogP contribution < -0.4 is 10.2 Å². The summed E-state index contributed by atoms with van der Waals surface area (Å²) in [6.45, 7) is 0.209. The lowest BCUT2D eigenvalue weighted by atomic mass is 10.1. The number of halogens is 3. The number of nitrogens with one attached hydrogen (secondary N) is 1. The molecule has 0 saturated heterocycles. The number of nitriles is 2. The topological polar surface area (TPSA) is 98.3 Å². The van der Waals surface area contributed by atoms with Crippen molar-refractivity contribution in [2.24, 2.45) is 5.10 Å². The number of ether oxygens (including phenoxy) is 1. The third-order valence-electron chi connectivity index (χ3n) is 4.25. The number of amides is 1. The van der Waals surface area contributed by atoms with Crippen molar-refractivity contribution in [3.63, 3.8) is 0 Å². The van der Waals surface area contributed by atoms with Gasteiger partial charge >= 0.3 is 0 Å². The SMILES string of the molecule is N#Cc1ccc(C(=O)N/N=C\c2cc(Br)c(OCc3ccccc3C#N)c(Br)c2)c(F)c1. The third-order valence-corrected chi connectivity index (χ3v) is 5.43. The zero-order valence-corrected chi connectivity index (χ0v) is 19.4. The van der Waals surface area contributed by atoms with Crippen LogP contribution in [0.2, 0.25) is 0 Å². The highest BCUT2D eigenvalue weighted by atomic mass is 79.9. The van der Waals surface area contributed by atoms with Crippen LogP contribution >= 0.6 is 31.9 Å². The van der Waals surface area contributed by atoms with Crippen LogP contribution in [0.3, 0.4) is 0 Å². The van der Waals surface area contributed by atoms with Crippen molar-refractivity contribution in [3.05, 3.63) is 97.2 Å². The van der Waals surface area contributed by atoms with Crippen LogP contribution in [0.4, 0.5) is 4.39 Å². The van der Waals surface area contributed by atoms with Crippen LogP contribution in [-0.2, 0) is 6.61 Å². The largest absolute Gasteiger partial charge is 0.486 e. The number of carbonyl (C=O) groups excluding carboxylic acids is 1. The molecule has 32 heavy (non-hydrogen) atoms. The van der Waals surface area contributed by atoms with Gasteiger partial charge in [-0.25, -0.2) is 9.82 Å². The molecular formula is C23H13Br2FN4O2. The van der Waals surface area contributed by atoms with Gasteiger partial charge in [-0.1, -0.05) is 18.2 Å². The lowest BCUT2D eigenvalue weighted by Gasteiger charge is -2.12. The first-order valence-corrected chi connectivity index (χ1v) is 10.6. The van der Waals surface area contributed by atoms with Crippen molar-refractivity contribution in [2.45, 2.75) is 6.61 Å². The number of hydrogen-bond donors (Lipinski definition) is 1. The van der Waals surface area contributed by atoms with E-state index in [0.717, 1.165) is 11.6 Å². The monoisotopic (exact) mass is 554 g/mol. The molecule has 3 rings (SSSR count). The molecule has 158 valence electrons. The van der Waals surface area contributed by atoms with E-state index >= 15 is 0 Å². The van der Waals surface area contributed by atoms with Crippen LogP contribution in [0, 0.1) is 28.5 Å². The Morgan fingerprint density at radius 2 is 1.81 bits per heavy atom. The van der Waals surface area contributed by atoms with Crippen LogP contribution in [0.5, 0.6) is 5.75 Å². The van der Waals surface area contributed by atoms with Gasteiger partial charge in [0, 0.05) is 5.56 Å². The fraction of sp³-hybridized carbons (Fsp3) is 0.0435. The van der Waals surface area contributed by atoms with E-state index in [2.05, 4.69) is 48.5 Å². The lowest BCUT2D eigenvalue weighted by molar-refractivity contribution is 0.0951. The summed E-state index contributed by atoms with van der Waals surface area (Å²) in [6, 6.07) is 18.1. The Kier molecular flexibility index (Phi) is 7.72. The third kappa shape index (κ3) is 5.58. The second-order valence-electron chi connectivity index (χ2n) is 6.38. The van der Waals surface area contributed by atoms with Crippen molar-refractivity contribution in [1.82, 2.24) is 5.43 Å². The summed E-state index contributed by atoms with van der Waals surface area (Å²) in [6.07, 6.45) is 1.39. The van der Waals surface area contributed by atoms with Crippen LogP contribution in [0.1, 0.15) is 32.6 Å². The number of hydrazone groups is 1. The molecular weight excluding hydrogens is 543 g/mol. The first-order chi connectivity index (χ1) is 15.4. The van der Waals surface area contributed by atoms with Gasteiger partial charge in [-0.15, -0.1) is 0 Å². The van der Waals surface area contributed by atoms with Gasteiger partial charge in [0.05, 0.1) is 44.0 Å². The minimum atomic E-state index is -0.804. The van der Waals surface area contributed by atoms with Crippen LogP contribution in [0.25, 0.3) is 0 Å². The van der Waals surface area contributed by atoms with Crippen LogP contribution in [-0.4, -0.2) is 12.1 Å². The van der Waals surface area contributed by atoms with Crippen molar-refractivity contribution in [3.8, 4) is 17.9 Å². The number of hydrogen-bond acceptors (Lipinski definition) is 5. The molecule has 0 fully saturated rings. The zero-order valence-electron chi connectivity index (χ0n) is 16.3. The van der Waals surface area contributed by atoms with E-state index < -0.39 is 11.7 Å². The Balaban J connectivity index is 1.68. The van der Waals surface area contributed by atoms with Crippen molar-refractivity contribution >= 4 is 44.0 Å². The minimum absolute atomic E-state index is 0.121. The van der Waals surface area contributed by atoms with E-state index in [-0.39, 0.29) is 17.7 Å². The summed E-state index contributed by atoms with van der Waals surface area (Å²) in [4.78, 5) is 12.1. The average molecular weight is 556 g/mol. The van der Waals surface area contributed by atoms with E-state index in [1.165, 1.54) is 18.3 Å². The summed E-state index contributed by atoms with van der Waals surface area (Å²) < 4.78 is 21.0. The normalized spacial score (nSPS) is 10.4. The van der Waals surface area contributed by atoms with E-state index in [1.807, 2.05) is 12.1 Å². The van der Waals surface area contributed by atoms with Crippen molar-refractivity contribution in [1.29, 1.82) is 10.5 Å². The van der Waals surface area contributed by atoms with Gasteiger partial charge in [-0.05, 0) is 73.8 Å². The zero-order chi connectivity index (χ0) is 23.1. The second kappa shape index (κ2) is 10.7. The number of benzene rings is 3. The molecule has 0 unspecified atom stereocenters. The van der Waals surface area contributed by atoms with Crippen molar-refractivity contribution < 1.29 is 13.9 Å². The number of carbonyl (C=O) groups is 1. The van der Waals surface area contributed by atoms with Gasteiger partial charge in [-0.3, -0.25) is 4.79 Å². The molecule has 9 heteroatoms. The Morgan fingerprint density at radius 1 is 1.09 bits per heavy atom. The Hall–Kier alpha value is -3.53. The molecule has 0 spiro atoms. The lowest BCUT2D eigenvalue weighted by Crippen LogP contribution is -2.19. The Morgan fingerprint density at radius 3 is 2.47 bits per heavy atom. The van der Waals surface area contributed by atoms with Crippen LogP contribution in [0.15, 0.2) is 68.6 Å². The predicted molar refractivity (Wildman–Crippen MR) is 124 cm³/mol. The molecule has 0 aliphatic rings. The molecule has 0 aliphatic carbocycles. The maximum atomic E-state index is 13.9. The standard InChI is InChI=1S/C23H13Br2FN4O2/c24-19-7-15(12-29-30-23(31)18-6-5-14(10-27)9-21(18)26)8-20(25)22(19)32-13-17-4-2-1-3-16(17)11-28/h1-9,12H,13H2,(H,30,31)/b29-12-. The quantitative estimate of drug-likeness (QED) is 0.323. The fourth-order valence-corrected chi connectivity index (χ4v) is 4.14. The molecule has 6 nitrogen and oxygen atoms in total. The molecule has 3 aromatic rings. The predicted octanol–water partition coefficient (Wildman–Crippen LogP) is 5.44. The van der Waals surface area contributed by atoms with E-state index in [0.29, 0.717) is 25.8 Å². The van der Waals surface area contributed by atoms with E-state index in [4.69, 9.17) is 10.00 Å². The number of rotatable bonds is 6. The first-order valence-electron chi connectivity index (χ1n) is 9.06. The molecule has 3 aromatic carbocycles. The van der Waals surface area contributed by atoms with E-state index in [9.17, 15) is 14.4 Å². The molecule has 0 bridgehead atoms. The maximum Gasteiger partial charge on any atom is 0.274 e. The van der Waals surface area contributed by atoms with Gasteiger partial charge in [0.15, 0.2) is 0 Å². The van der Waals surface area contributed by atoms with Gasteiger partial charge in [0.1, 0.15) is 18.2 Å². The van der Waals surface area contributed by atoms with Gasteiger partial charge in [-0.2, -0.15) is 15.6 Å². The summed E-state index contributed by atoms with van der Waals surface area (Å²) in [5, 5.41) is 21.8. The minimum Gasteiger partial charge on any atom is -0.486 e. The summed E-state index contributed by atoms with van der Waals surface area (Å²) in [7, 11) is 0. The molecule has 0 aliphatic heterocycles. The molecule has 0 aromatic heterocycles. The van der Waals surface area contributed by atoms with Gasteiger partial charge in [0.2, 0.25) is 0 Å². The van der Waals surface area contributed by atoms with E-state index in [1.54, 1.807) is 30.3 Å². The maximum absolute atomic E-state index is 13.9.